The van der Waals surface area contributed by atoms with E-state index in [1.807, 2.05) is 24.3 Å². The Morgan fingerprint density at radius 3 is 2.83 bits per heavy atom. The third-order valence-electron chi connectivity index (χ3n) is 4.12. The number of rotatable bonds is 6. The van der Waals surface area contributed by atoms with Crippen molar-refractivity contribution in [3.63, 3.8) is 0 Å². The van der Waals surface area contributed by atoms with Crippen LogP contribution in [-0.4, -0.2) is 46.3 Å². The van der Waals surface area contributed by atoms with Crippen LogP contribution in [0.1, 0.15) is 36.2 Å². The topological polar surface area (TPSA) is 64.9 Å². The van der Waals surface area contributed by atoms with E-state index in [-0.39, 0.29) is 5.91 Å². The minimum Gasteiger partial charge on any atom is -0.390 e. The number of nitrogens with one attached hydrogen (secondary N) is 1. The van der Waals surface area contributed by atoms with Crippen molar-refractivity contribution in [1.29, 1.82) is 0 Å². The summed E-state index contributed by atoms with van der Waals surface area (Å²) in [6.45, 7) is 5.87. The molecule has 2 aliphatic heterocycles. The average molecular weight is 345 g/mol. The van der Waals surface area contributed by atoms with Gasteiger partial charge in [-0.05, 0) is 44.4 Å². The molecule has 6 heteroatoms. The van der Waals surface area contributed by atoms with Gasteiger partial charge in [0.2, 0.25) is 0 Å². The van der Waals surface area contributed by atoms with Crippen molar-refractivity contribution in [3.05, 3.63) is 46.5 Å². The highest BCUT2D eigenvalue weighted by atomic mass is 32.2. The predicted octanol–water partition coefficient (Wildman–Crippen LogP) is 2.38. The smallest absolute Gasteiger partial charge is 0.251 e. The molecule has 2 aliphatic rings. The lowest BCUT2D eigenvalue weighted by Gasteiger charge is -2.17. The molecule has 0 radical (unpaired) electrons. The number of amidine groups is 1. The third kappa shape index (κ3) is 4.19. The predicted molar refractivity (Wildman–Crippen MR) is 98.1 cm³/mol. The van der Waals surface area contributed by atoms with E-state index >= 15 is 0 Å². The third-order valence-corrected chi connectivity index (χ3v) is 5.07. The quantitative estimate of drug-likeness (QED) is 0.831. The number of thioether (sulfide) groups is 1. The van der Waals surface area contributed by atoms with Crippen LogP contribution in [0.3, 0.4) is 0 Å². The number of aliphatic imine (C=N–C) groups is 1. The minimum absolute atomic E-state index is 0.0699. The van der Waals surface area contributed by atoms with Crippen LogP contribution >= 0.6 is 11.8 Å². The number of benzene rings is 1. The van der Waals surface area contributed by atoms with E-state index in [9.17, 15) is 9.90 Å². The lowest BCUT2D eigenvalue weighted by Crippen LogP contribution is -2.32. The molecule has 0 unspecified atom stereocenters. The van der Waals surface area contributed by atoms with Crippen LogP contribution < -0.4 is 5.32 Å². The van der Waals surface area contributed by atoms with Gasteiger partial charge in [-0.1, -0.05) is 23.9 Å². The summed E-state index contributed by atoms with van der Waals surface area (Å²) >= 11 is 1.62. The first-order chi connectivity index (χ1) is 11.4. The van der Waals surface area contributed by atoms with Crippen LogP contribution in [0.5, 0.6) is 0 Å². The van der Waals surface area contributed by atoms with E-state index in [1.165, 1.54) is 0 Å². The number of carbonyl (C=O) groups is 1. The number of hydrogen-bond acceptors (Lipinski definition) is 5. The fourth-order valence-electron chi connectivity index (χ4n) is 2.66. The molecule has 1 amide bonds. The first-order valence-electron chi connectivity index (χ1n) is 8.20. The van der Waals surface area contributed by atoms with Crippen LogP contribution in [-0.2, 0) is 6.42 Å². The second-order valence-corrected chi connectivity index (χ2v) is 7.57. The van der Waals surface area contributed by atoms with Gasteiger partial charge in [0.1, 0.15) is 0 Å². The van der Waals surface area contributed by atoms with E-state index < -0.39 is 5.60 Å². The molecule has 0 fully saturated rings. The molecule has 0 aromatic heterocycles. The van der Waals surface area contributed by atoms with Crippen molar-refractivity contribution in [2.75, 3.05) is 19.6 Å². The van der Waals surface area contributed by atoms with Crippen LogP contribution in [0, 0.1) is 0 Å². The number of aryl methyl sites for hydroxylation is 1. The number of fused-ring (bicyclic) bond motifs is 1. The van der Waals surface area contributed by atoms with Gasteiger partial charge in [-0.3, -0.25) is 9.79 Å². The Labute approximate surface area is 146 Å². The van der Waals surface area contributed by atoms with Crippen molar-refractivity contribution in [3.8, 4) is 0 Å². The zero-order chi connectivity index (χ0) is 17.2. The maximum Gasteiger partial charge on any atom is 0.251 e. The van der Waals surface area contributed by atoms with Gasteiger partial charge in [0.05, 0.1) is 18.7 Å². The van der Waals surface area contributed by atoms with Crippen molar-refractivity contribution >= 4 is 22.8 Å². The molecule has 1 aromatic carbocycles. The van der Waals surface area contributed by atoms with E-state index in [1.54, 1.807) is 25.6 Å². The largest absolute Gasteiger partial charge is 0.390 e. The molecule has 0 spiro atoms. The Morgan fingerprint density at radius 2 is 2.12 bits per heavy atom. The highest BCUT2D eigenvalue weighted by Gasteiger charge is 2.26. The molecule has 0 saturated carbocycles. The number of nitrogens with zero attached hydrogens (tertiary/aromatic N) is 2. The number of hydrogen-bond donors (Lipinski definition) is 2. The van der Waals surface area contributed by atoms with Gasteiger partial charge >= 0.3 is 0 Å². The van der Waals surface area contributed by atoms with E-state index in [2.05, 4.69) is 20.6 Å². The first kappa shape index (κ1) is 17.0. The zero-order valence-corrected chi connectivity index (χ0v) is 14.9. The van der Waals surface area contributed by atoms with Gasteiger partial charge < -0.3 is 15.3 Å². The first-order valence-corrected chi connectivity index (χ1v) is 9.07. The van der Waals surface area contributed by atoms with Gasteiger partial charge in [-0.15, -0.1) is 0 Å². The summed E-state index contributed by atoms with van der Waals surface area (Å²) in [5.41, 5.74) is 2.22. The molecule has 24 heavy (non-hydrogen) atoms. The molecule has 128 valence electrons. The molecule has 2 heterocycles. The van der Waals surface area contributed by atoms with Crippen LogP contribution in [0.25, 0.3) is 0 Å². The minimum atomic E-state index is -0.666. The fraction of sp³-hybridized carbons (Fsp3) is 0.444. The van der Waals surface area contributed by atoms with Crippen LogP contribution in [0.4, 0.5) is 0 Å². The zero-order valence-electron chi connectivity index (χ0n) is 14.1. The SMILES string of the molecule is CC(C)(O)CCc1ccc(C(=O)NCC2=CSC3=NCCN23)cc1. The monoisotopic (exact) mass is 345 g/mol. The van der Waals surface area contributed by atoms with E-state index in [0.29, 0.717) is 18.5 Å². The summed E-state index contributed by atoms with van der Waals surface area (Å²) in [6.07, 6.45) is 1.50. The highest BCUT2D eigenvalue weighted by molar-refractivity contribution is 8.16. The second-order valence-electron chi connectivity index (χ2n) is 6.74. The molecule has 3 rings (SSSR count). The molecule has 2 N–H and O–H groups in total. The highest BCUT2D eigenvalue weighted by Crippen LogP contribution is 2.28. The molecule has 5 nitrogen and oxygen atoms in total. The Balaban J connectivity index is 1.51. The summed E-state index contributed by atoms with van der Waals surface area (Å²) in [5.74, 6) is -0.0699. The van der Waals surface area contributed by atoms with E-state index in [0.717, 1.165) is 35.9 Å². The maximum atomic E-state index is 12.3. The van der Waals surface area contributed by atoms with Gasteiger partial charge in [0.25, 0.3) is 5.91 Å². The van der Waals surface area contributed by atoms with Crippen LogP contribution in [0.2, 0.25) is 0 Å². The standard InChI is InChI=1S/C18H23N3O2S/c1-18(2,23)8-7-13-3-5-14(6-4-13)16(22)20-11-15-12-24-17-19-9-10-21(15)17/h3-6,12,23H,7-11H2,1-2H3,(H,20,22). The molecule has 1 aromatic rings. The lowest BCUT2D eigenvalue weighted by atomic mass is 9.98. The van der Waals surface area contributed by atoms with Crippen LogP contribution in [0.15, 0.2) is 40.4 Å². The Kier molecular flexibility index (Phi) is 4.96. The fourth-order valence-corrected chi connectivity index (χ4v) is 3.61. The van der Waals surface area contributed by atoms with Gasteiger partial charge in [-0.25, -0.2) is 0 Å². The second kappa shape index (κ2) is 6.99. The van der Waals surface area contributed by atoms with Crippen molar-refractivity contribution in [2.24, 2.45) is 4.99 Å². The van der Waals surface area contributed by atoms with Crippen molar-refractivity contribution in [2.45, 2.75) is 32.3 Å². The van der Waals surface area contributed by atoms with Gasteiger partial charge in [0, 0.05) is 23.2 Å². The maximum absolute atomic E-state index is 12.3. The lowest BCUT2D eigenvalue weighted by molar-refractivity contribution is 0.0713. The molecular formula is C18H23N3O2S. The Hall–Kier alpha value is -1.79. The van der Waals surface area contributed by atoms with Gasteiger partial charge in [-0.2, -0.15) is 0 Å². The summed E-state index contributed by atoms with van der Waals surface area (Å²) < 4.78 is 0. The molecule has 0 saturated heterocycles. The van der Waals surface area contributed by atoms with Crippen molar-refractivity contribution < 1.29 is 9.90 Å². The van der Waals surface area contributed by atoms with Gasteiger partial charge in [0.15, 0.2) is 5.17 Å². The number of amides is 1. The van der Waals surface area contributed by atoms with E-state index in [4.69, 9.17) is 0 Å². The summed E-state index contributed by atoms with van der Waals surface area (Å²) in [5, 5.41) is 15.8. The summed E-state index contributed by atoms with van der Waals surface area (Å²) in [4.78, 5) is 18.8. The number of carbonyl (C=O) groups excluding carboxylic acids is 1. The number of aliphatic hydroxyl groups is 1. The summed E-state index contributed by atoms with van der Waals surface area (Å²) in [7, 11) is 0. The molecule has 0 bridgehead atoms. The normalized spacial score (nSPS) is 16.7. The molecule has 0 aliphatic carbocycles. The molecule has 0 atom stereocenters. The average Bonchev–Trinajstić information content (AvgIpc) is 3.14. The Morgan fingerprint density at radius 1 is 1.38 bits per heavy atom. The Bertz CT molecular complexity index is 674. The molecular weight excluding hydrogens is 322 g/mol. The summed E-state index contributed by atoms with van der Waals surface area (Å²) in [6, 6.07) is 7.60. The van der Waals surface area contributed by atoms with Crippen molar-refractivity contribution in [1.82, 2.24) is 10.2 Å².